The molecule has 1 aliphatic rings. The van der Waals surface area contributed by atoms with Gasteiger partial charge < -0.3 is 10.1 Å². The lowest BCUT2D eigenvalue weighted by atomic mass is 9.86. The van der Waals surface area contributed by atoms with E-state index < -0.39 is 23.1 Å². The Balaban J connectivity index is 2.32. The zero-order valence-corrected chi connectivity index (χ0v) is 16.5. The van der Waals surface area contributed by atoms with E-state index in [0.29, 0.717) is 22.7 Å². The molecule has 0 radical (unpaired) electrons. The van der Waals surface area contributed by atoms with Gasteiger partial charge in [-0.05, 0) is 26.0 Å². The minimum Gasteiger partial charge on any atom is -0.458 e. The van der Waals surface area contributed by atoms with Crippen molar-refractivity contribution >= 4 is 23.1 Å². The van der Waals surface area contributed by atoms with Gasteiger partial charge in [-0.2, -0.15) is 0 Å². The Morgan fingerprint density at radius 3 is 2.59 bits per heavy atom. The van der Waals surface area contributed by atoms with Gasteiger partial charge in [-0.3, -0.25) is 13.9 Å². The van der Waals surface area contributed by atoms with Crippen LogP contribution in [0.15, 0.2) is 45.6 Å². The highest BCUT2D eigenvalue weighted by Gasteiger charge is 2.38. The summed E-state index contributed by atoms with van der Waals surface area (Å²) in [5.74, 6) is -0.725. The number of ether oxygens (including phenoxy) is 1. The maximum absolute atomic E-state index is 13.0. The van der Waals surface area contributed by atoms with E-state index >= 15 is 0 Å². The Hall–Kier alpha value is -2.87. The van der Waals surface area contributed by atoms with Gasteiger partial charge in [0.1, 0.15) is 12.4 Å². The first-order valence-electron chi connectivity index (χ1n) is 8.40. The number of nitrogens with one attached hydrogen (secondary N) is 1. The molecule has 142 valence electrons. The quantitative estimate of drug-likeness (QED) is 0.641. The molecule has 1 atom stereocenters. The predicted molar refractivity (Wildman–Crippen MR) is 105 cm³/mol. The third kappa shape index (κ3) is 3.06. The van der Waals surface area contributed by atoms with Crippen LogP contribution in [0.1, 0.15) is 28.2 Å². The number of aromatic nitrogens is 2. The summed E-state index contributed by atoms with van der Waals surface area (Å²) in [6.45, 7) is 7.33. The summed E-state index contributed by atoms with van der Waals surface area (Å²) in [7, 11) is 3.03. The number of carbonyl (C=O) groups excluding carboxylic acids is 1. The van der Waals surface area contributed by atoms with Crippen LogP contribution >= 0.6 is 11.3 Å². The molecule has 1 aliphatic heterocycles. The fourth-order valence-corrected chi connectivity index (χ4v) is 4.26. The lowest BCUT2D eigenvalue weighted by Gasteiger charge is -2.30. The number of thiophene rings is 1. The minimum absolute atomic E-state index is 0.0734. The van der Waals surface area contributed by atoms with Gasteiger partial charge >= 0.3 is 11.7 Å². The Morgan fingerprint density at radius 1 is 1.30 bits per heavy atom. The summed E-state index contributed by atoms with van der Waals surface area (Å²) < 4.78 is 7.72. The summed E-state index contributed by atoms with van der Waals surface area (Å²) in [5, 5.41) is 3.06. The molecule has 0 saturated heterocycles. The molecule has 8 heteroatoms. The van der Waals surface area contributed by atoms with Gasteiger partial charge in [0, 0.05) is 29.5 Å². The van der Waals surface area contributed by atoms with E-state index in [-0.39, 0.29) is 6.61 Å². The third-order valence-corrected chi connectivity index (χ3v) is 5.65. The second kappa shape index (κ2) is 7.03. The molecule has 2 aromatic rings. The lowest BCUT2D eigenvalue weighted by molar-refractivity contribution is -0.138. The smallest absolute Gasteiger partial charge is 0.337 e. The number of carbonyl (C=O) groups is 1. The van der Waals surface area contributed by atoms with E-state index in [4.69, 9.17) is 4.74 Å². The predicted octanol–water partition coefficient (Wildman–Crippen LogP) is 2.01. The summed E-state index contributed by atoms with van der Waals surface area (Å²) in [6, 6.07) is 3.84. The van der Waals surface area contributed by atoms with E-state index in [1.165, 1.54) is 29.0 Å². The molecule has 0 aromatic carbocycles. The molecule has 2 aromatic heterocycles. The van der Waals surface area contributed by atoms with Crippen molar-refractivity contribution in [2.24, 2.45) is 14.1 Å². The first-order chi connectivity index (χ1) is 12.8. The molecule has 0 fully saturated rings. The number of anilines is 1. The van der Waals surface area contributed by atoms with Gasteiger partial charge in [0.05, 0.1) is 17.1 Å². The van der Waals surface area contributed by atoms with Crippen LogP contribution < -0.4 is 16.6 Å². The average Bonchev–Trinajstić information content (AvgIpc) is 3.07. The molecule has 0 amide bonds. The minimum atomic E-state index is -0.609. The second-order valence-corrected chi connectivity index (χ2v) is 7.72. The van der Waals surface area contributed by atoms with Crippen LogP contribution in [0.3, 0.4) is 0 Å². The number of esters is 1. The third-order valence-electron chi connectivity index (χ3n) is 4.58. The van der Waals surface area contributed by atoms with Crippen molar-refractivity contribution in [3.05, 3.63) is 72.2 Å². The molecule has 0 aliphatic carbocycles. The fourth-order valence-electron chi connectivity index (χ4n) is 3.26. The average molecular weight is 387 g/mol. The number of rotatable bonds is 4. The molecule has 1 unspecified atom stereocenters. The van der Waals surface area contributed by atoms with Crippen molar-refractivity contribution in [2.75, 3.05) is 11.9 Å². The maximum Gasteiger partial charge on any atom is 0.337 e. The molecule has 1 N–H and O–H groups in total. The number of hydrogen-bond donors (Lipinski definition) is 1. The summed E-state index contributed by atoms with van der Waals surface area (Å²) in [6.07, 6.45) is 1.49. The monoisotopic (exact) mass is 387 g/mol. The van der Waals surface area contributed by atoms with Crippen LogP contribution in [0.2, 0.25) is 0 Å². The van der Waals surface area contributed by atoms with Crippen LogP contribution in [-0.4, -0.2) is 21.7 Å². The zero-order valence-electron chi connectivity index (χ0n) is 15.7. The zero-order chi connectivity index (χ0) is 19.9. The van der Waals surface area contributed by atoms with E-state index in [2.05, 4.69) is 11.9 Å². The number of nitrogens with zero attached hydrogens (tertiary/aromatic N) is 2. The van der Waals surface area contributed by atoms with E-state index in [9.17, 15) is 14.4 Å². The van der Waals surface area contributed by atoms with Gasteiger partial charge in [-0.15, -0.1) is 11.3 Å². The topological polar surface area (TPSA) is 82.3 Å². The highest BCUT2D eigenvalue weighted by atomic mass is 32.1. The SMILES string of the molecule is C=CCOC(=O)C1=C(C)Nc2c(c(=O)n(C)c(=O)n2C)C1c1ccc(C)s1. The van der Waals surface area contributed by atoms with Gasteiger partial charge in [0.2, 0.25) is 0 Å². The first-order valence-corrected chi connectivity index (χ1v) is 9.21. The second-order valence-electron chi connectivity index (χ2n) is 6.40. The number of hydrogen-bond acceptors (Lipinski definition) is 6. The van der Waals surface area contributed by atoms with Crippen LogP contribution in [0, 0.1) is 6.92 Å². The standard InChI is InChI=1S/C19H21N3O4S/c1-6-9-26-18(24)13-11(3)20-16-15(14(13)12-8-7-10(2)27-12)17(23)22(5)19(25)21(16)4/h6-8,14,20H,1,9H2,2-5H3. The van der Waals surface area contributed by atoms with Crippen molar-refractivity contribution in [1.82, 2.24) is 9.13 Å². The van der Waals surface area contributed by atoms with Gasteiger partial charge in [0.25, 0.3) is 5.56 Å². The molecule has 0 saturated carbocycles. The van der Waals surface area contributed by atoms with Crippen LogP contribution in [0.4, 0.5) is 5.82 Å². The van der Waals surface area contributed by atoms with Crippen LogP contribution in [-0.2, 0) is 23.6 Å². The van der Waals surface area contributed by atoms with Crippen molar-refractivity contribution in [1.29, 1.82) is 0 Å². The Bertz CT molecular complexity index is 1090. The highest BCUT2D eigenvalue weighted by molar-refractivity contribution is 7.12. The summed E-state index contributed by atoms with van der Waals surface area (Å²) in [4.78, 5) is 40.0. The number of allylic oxidation sites excluding steroid dienone is 1. The molecule has 3 heterocycles. The van der Waals surface area contributed by atoms with E-state index in [0.717, 1.165) is 14.3 Å². The normalized spacial score (nSPS) is 15.9. The molecular weight excluding hydrogens is 366 g/mol. The van der Waals surface area contributed by atoms with Crippen molar-refractivity contribution in [2.45, 2.75) is 19.8 Å². The van der Waals surface area contributed by atoms with Crippen LogP contribution in [0.25, 0.3) is 0 Å². The lowest BCUT2D eigenvalue weighted by Crippen LogP contribution is -2.43. The van der Waals surface area contributed by atoms with Gasteiger partial charge in [0.15, 0.2) is 0 Å². The number of aryl methyl sites for hydroxylation is 1. The van der Waals surface area contributed by atoms with E-state index in [1.54, 1.807) is 14.0 Å². The van der Waals surface area contributed by atoms with Crippen molar-refractivity contribution in [3.8, 4) is 0 Å². The first kappa shape index (κ1) is 18.9. The Kier molecular flexibility index (Phi) is 4.93. The molecule has 0 spiro atoms. The molecular formula is C19H21N3O4S. The highest BCUT2D eigenvalue weighted by Crippen LogP contribution is 2.42. The van der Waals surface area contributed by atoms with Gasteiger partial charge in [-0.1, -0.05) is 12.7 Å². The van der Waals surface area contributed by atoms with Gasteiger partial charge in [-0.25, -0.2) is 9.59 Å². The fraction of sp³-hybridized carbons (Fsp3) is 0.316. The van der Waals surface area contributed by atoms with Crippen molar-refractivity contribution in [3.63, 3.8) is 0 Å². The summed E-state index contributed by atoms with van der Waals surface area (Å²) in [5.41, 5.74) is 0.409. The largest absolute Gasteiger partial charge is 0.458 e. The van der Waals surface area contributed by atoms with Crippen LogP contribution in [0.5, 0.6) is 0 Å². The Morgan fingerprint density at radius 2 is 2.00 bits per heavy atom. The molecule has 3 rings (SSSR count). The molecule has 0 bridgehead atoms. The molecule has 7 nitrogen and oxygen atoms in total. The molecule has 27 heavy (non-hydrogen) atoms. The maximum atomic E-state index is 13.0. The number of fused-ring (bicyclic) bond motifs is 1. The summed E-state index contributed by atoms with van der Waals surface area (Å²) >= 11 is 1.50. The van der Waals surface area contributed by atoms with E-state index in [1.807, 2.05) is 19.1 Å². The Labute approximate surface area is 160 Å². The van der Waals surface area contributed by atoms with Crippen molar-refractivity contribution < 1.29 is 9.53 Å².